The Balaban J connectivity index is 2.96. The number of pyridine rings is 1. The lowest BCUT2D eigenvalue weighted by molar-refractivity contribution is 1.11. The minimum Gasteiger partial charge on any atom is -0.378 e. The molecule has 2 heteroatoms. The topological polar surface area (TPSA) is 16.1 Å². The van der Waals surface area contributed by atoms with Crippen LogP contribution >= 0.6 is 0 Å². The van der Waals surface area contributed by atoms with Crippen molar-refractivity contribution in [2.24, 2.45) is 0 Å². The average Bonchev–Trinajstić information content (AvgIpc) is 1.88. The standard InChI is InChI=1S/C8H10N2/c1-7-6-8(10(2)3)4-5-9-7/h1,4-6H,2-3H3. The monoisotopic (exact) mass is 134 g/mol. The van der Waals surface area contributed by atoms with Gasteiger partial charge in [0.25, 0.3) is 0 Å². The van der Waals surface area contributed by atoms with Crippen LogP contribution in [0.15, 0.2) is 18.3 Å². The molecule has 0 N–H and O–H groups in total. The summed E-state index contributed by atoms with van der Waals surface area (Å²) in [7, 11) is 3.93. The smallest absolute Gasteiger partial charge is 0.0468 e. The third-order valence-electron chi connectivity index (χ3n) is 1.28. The lowest BCUT2D eigenvalue weighted by Crippen LogP contribution is -2.08. The Morgan fingerprint density at radius 3 is 2.60 bits per heavy atom. The number of aromatic nitrogens is 1. The summed E-state index contributed by atoms with van der Waals surface area (Å²) >= 11 is 0. The van der Waals surface area contributed by atoms with Crippen LogP contribution in [0.25, 0.3) is 0 Å². The lowest BCUT2D eigenvalue weighted by atomic mass is 10.3. The van der Waals surface area contributed by atoms with Crippen molar-refractivity contribution in [3.05, 3.63) is 30.9 Å². The highest BCUT2D eigenvalue weighted by Gasteiger charge is 1.92. The van der Waals surface area contributed by atoms with Crippen LogP contribution in [0, 0.1) is 6.92 Å². The van der Waals surface area contributed by atoms with E-state index in [0.29, 0.717) is 5.69 Å². The molecule has 2 nitrogen and oxygen atoms in total. The first-order valence-electron chi connectivity index (χ1n) is 3.09. The Morgan fingerprint density at radius 2 is 2.20 bits per heavy atom. The normalized spacial score (nSPS) is 9.50. The van der Waals surface area contributed by atoms with Crippen molar-refractivity contribution in [3.8, 4) is 0 Å². The molecule has 0 fully saturated rings. The van der Waals surface area contributed by atoms with Crippen molar-refractivity contribution >= 4 is 5.69 Å². The van der Waals surface area contributed by atoms with Gasteiger partial charge in [-0.3, -0.25) is 4.98 Å². The van der Waals surface area contributed by atoms with Gasteiger partial charge in [-0.25, -0.2) is 0 Å². The molecule has 0 amide bonds. The Morgan fingerprint density at radius 1 is 1.50 bits per heavy atom. The summed E-state index contributed by atoms with van der Waals surface area (Å²) in [5, 5.41) is 0. The molecular weight excluding hydrogens is 124 g/mol. The summed E-state index contributed by atoms with van der Waals surface area (Å²) < 4.78 is 0. The molecule has 0 aliphatic rings. The zero-order chi connectivity index (χ0) is 7.56. The summed E-state index contributed by atoms with van der Waals surface area (Å²) in [4.78, 5) is 5.86. The summed E-state index contributed by atoms with van der Waals surface area (Å²) in [5.74, 6) is 0. The molecule has 0 unspecified atom stereocenters. The van der Waals surface area contributed by atoms with Crippen molar-refractivity contribution in [2.45, 2.75) is 0 Å². The molecule has 52 valence electrons. The number of nitrogens with zero attached hydrogens (tertiary/aromatic N) is 2. The van der Waals surface area contributed by atoms with Crippen LogP contribution in [-0.4, -0.2) is 19.1 Å². The number of rotatable bonds is 1. The summed E-state index contributed by atoms with van der Waals surface area (Å²) in [6.45, 7) is 5.46. The molecule has 0 saturated carbocycles. The van der Waals surface area contributed by atoms with Gasteiger partial charge in [-0.1, -0.05) is 0 Å². The predicted molar refractivity (Wildman–Crippen MR) is 42.0 cm³/mol. The van der Waals surface area contributed by atoms with Gasteiger partial charge < -0.3 is 4.90 Å². The van der Waals surface area contributed by atoms with Crippen molar-refractivity contribution < 1.29 is 0 Å². The first-order valence-corrected chi connectivity index (χ1v) is 3.09. The van der Waals surface area contributed by atoms with Crippen molar-refractivity contribution in [1.29, 1.82) is 0 Å². The fraction of sp³-hybridized carbons (Fsp3) is 0.250. The molecule has 0 saturated heterocycles. The summed E-state index contributed by atoms with van der Waals surface area (Å²) in [6.07, 6.45) is 1.70. The van der Waals surface area contributed by atoms with E-state index in [-0.39, 0.29) is 0 Å². The molecular formula is C8H10N2. The van der Waals surface area contributed by atoms with E-state index in [9.17, 15) is 0 Å². The fourth-order valence-electron chi connectivity index (χ4n) is 0.715. The maximum absolute atomic E-state index is 5.46. The Labute approximate surface area is 61.5 Å². The maximum Gasteiger partial charge on any atom is 0.0468 e. The molecule has 1 heterocycles. The quantitative estimate of drug-likeness (QED) is 0.574. The molecule has 0 bridgehead atoms. The Bertz CT molecular complexity index is 218. The van der Waals surface area contributed by atoms with Crippen LogP contribution in [0.2, 0.25) is 0 Å². The Kier molecular flexibility index (Phi) is 1.90. The zero-order valence-corrected chi connectivity index (χ0v) is 6.20. The van der Waals surface area contributed by atoms with Crippen LogP contribution in [0.5, 0.6) is 0 Å². The van der Waals surface area contributed by atoms with Crippen LogP contribution in [0.3, 0.4) is 0 Å². The first-order chi connectivity index (χ1) is 4.70. The Hall–Kier alpha value is -1.05. The third-order valence-corrected chi connectivity index (χ3v) is 1.28. The average molecular weight is 134 g/mol. The van der Waals surface area contributed by atoms with Gasteiger partial charge in [-0.15, -0.1) is 0 Å². The molecule has 0 spiro atoms. The van der Waals surface area contributed by atoms with E-state index in [4.69, 9.17) is 6.92 Å². The second kappa shape index (κ2) is 2.69. The maximum atomic E-state index is 5.46. The van der Waals surface area contributed by atoms with Crippen molar-refractivity contribution in [3.63, 3.8) is 0 Å². The minimum atomic E-state index is 0.561. The van der Waals surface area contributed by atoms with Gasteiger partial charge in [0, 0.05) is 38.6 Å². The van der Waals surface area contributed by atoms with Gasteiger partial charge in [-0.2, -0.15) is 0 Å². The van der Waals surface area contributed by atoms with Gasteiger partial charge in [0.15, 0.2) is 0 Å². The van der Waals surface area contributed by atoms with Gasteiger partial charge in [0.2, 0.25) is 0 Å². The molecule has 0 atom stereocenters. The molecule has 1 rings (SSSR count). The number of hydrogen-bond donors (Lipinski definition) is 0. The molecule has 1 aromatic heterocycles. The predicted octanol–water partition coefficient (Wildman–Crippen LogP) is 1.21. The van der Waals surface area contributed by atoms with E-state index in [1.165, 1.54) is 0 Å². The van der Waals surface area contributed by atoms with Gasteiger partial charge >= 0.3 is 0 Å². The van der Waals surface area contributed by atoms with E-state index >= 15 is 0 Å². The minimum absolute atomic E-state index is 0.561. The highest BCUT2D eigenvalue weighted by Crippen LogP contribution is 2.09. The van der Waals surface area contributed by atoms with E-state index in [1.807, 2.05) is 31.1 Å². The summed E-state index contributed by atoms with van der Waals surface area (Å²) in [6, 6.07) is 3.75. The first kappa shape index (κ1) is 7.06. The lowest BCUT2D eigenvalue weighted by Gasteiger charge is -2.11. The van der Waals surface area contributed by atoms with E-state index in [1.54, 1.807) is 6.20 Å². The number of hydrogen-bond acceptors (Lipinski definition) is 2. The second-order valence-corrected chi connectivity index (χ2v) is 2.33. The van der Waals surface area contributed by atoms with Gasteiger partial charge in [0.1, 0.15) is 0 Å². The fourth-order valence-corrected chi connectivity index (χ4v) is 0.715. The third kappa shape index (κ3) is 1.47. The molecule has 1 aromatic rings. The van der Waals surface area contributed by atoms with Gasteiger partial charge in [-0.05, 0) is 12.1 Å². The molecule has 0 aliphatic heterocycles. The van der Waals surface area contributed by atoms with Crippen molar-refractivity contribution in [1.82, 2.24) is 4.98 Å². The SMILES string of the molecule is [CH]c1cc(N(C)C)ccn1. The van der Waals surface area contributed by atoms with E-state index in [2.05, 4.69) is 4.98 Å². The second-order valence-electron chi connectivity index (χ2n) is 2.33. The molecule has 0 aromatic carbocycles. The van der Waals surface area contributed by atoms with Gasteiger partial charge in [0.05, 0.1) is 0 Å². The molecule has 2 radical (unpaired) electrons. The molecule has 10 heavy (non-hydrogen) atoms. The van der Waals surface area contributed by atoms with Crippen LogP contribution < -0.4 is 4.90 Å². The highest BCUT2D eigenvalue weighted by atomic mass is 15.1. The van der Waals surface area contributed by atoms with Crippen molar-refractivity contribution in [2.75, 3.05) is 19.0 Å². The van der Waals surface area contributed by atoms with E-state index < -0.39 is 0 Å². The van der Waals surface area contributed by atoms with Crippen LogP contribution in [0.4, 0.5) is 5.69 Å². The highest BCUT2D eigenvalue weighted by molar-refractivity contribution is 5.45. The molecule has 0 aliphatic carbocycles. The van der Waals surface area contributed by atoms with Crippen LogP contribution in [-0.2, 0) is 0 Å². The number of anilines is 1. The van der Waals surface area contributed by atoms with E-state index in [0.717, 1.165) is 5.69 Å². The van der Waals surface area contributed by atoms with Crippen LogP contribution in [0.1, 0.15) is 5.69 Å². The largest absolute Gasteiger partial charge is 0.378 e. The summed E-state index contributed by atoms with van der Waals surface area (Å²) in [5.41, 5.74) is 1.64. The zero-order valence-electron chi connectivity index (χ0n) is 6.20.